The van der Waals surface area contributed by atoms with Gasteiger partial charge in [0.2, 0.25) is 5.91 Å². The zero-order valence-corrected chi connectivity index (χ0v) is 10.4. The van der Waals surface area contributed by atoms with Gasteiger partial charge in [-0.05, 0) is 25.3 Å². The van der Waals surface area contributed by atoms with Crippen molar-refractivity contribution in [2.45, 2.75) is 26.7 Å². The third kappa shape index (κ3) is 4.19. The summed E-state index contributed by atoms with van der Waals surface area (Å²) in [4.78, 5) is 22.2. The van der Waals surface area contributed by atoms with Crippen molar-refractivity contribution in [3.63, 3.8) is 0 Å². The minimum absolute atomic E-state index is 0.0375. The molecule has 5 heteroatoms. The molecule has 1 aliphatic heterocycles. The van der Waals surface area contributed by atoms with Crippen LogP contribution in [0, 0.1) is 5.92 Å². The number of rotatable bonds is 6. The standard InChI is InChI=1S/C12H20N2O3/c1-8(12(16)17)4-3-5-14-11(15)9(2)10-6-13-7-10/h8,13H,3-7H2,1-2H3,(H,14,15)(H,16,17). The molecule has 0 bridgehead atoms. The van der Waals surface area contributed by atoms with Crippen molar-refractivity contribution in [3.05, 3.63) is 11.1 Å². The monoisotopic (exact) mass is 240 g/mol. The summed E-state index contributed by atoms with van der Waals surface area (Å²) in [6.07, 6.45) is 1.28. The van der Waals surface area contributed by atoms with Gasteiger partial charge >= 0.3 is 5.97 Å². The summed E-state index contributed by atoms with van der Waals surface area (Å²) in [6.45, 7) is 5.64. The summed E-state index contributed by atoms with van der Waals surface area (Å²) >= 11 is 0. The Bertz CT molecular complexity index is 331. The van der Waals surface area contributed by atoms with Crippen molar-refractivity contribution in [1.29, 1.82) is 0 Å². The number of carbonyl (C=O) groups excluding carboxylic acids is 1. The third-order valence-electron chi connectivity index (χ3n) is 3.07. The molecule has 1 unspecified atom stereocenters. The molecule has 1 heterocycles. The van der Waals surface area contributed by atoms with Crippen molar-refractivity contribution in [3.8, 4) is 0 Å². The van der Waals surface area contributed by atoms with Gasteiger partial charge in [0.15, 0.2) is 0 Å². The largest absolute Gasteiger partial charge is 0.481 e. The summed E-state index contributed by atoms with van der Waals surface area (Å²) in [5.41, 5.74) is 1.94. The molecule has 1 saturated heterocycles. The summed E-state index contributed by atoms with van der Waals surface area (Å²) in [6, 6.07) is 0. The number of carboxylic acids is 1. The van der Waals surface area contributed by atoms with E-state index < -0.39 is 5.97 Å². The van der Waals surface area contributed by atoms with Gasteiger partial charge in [0.1, 0.15) is 0 Å². The highest BCUT2D eigenvalue weighted by Crippen LogP contribution is 2.09. The number of nitrogens with one attached hydrogen (secondary N) is 2. The summed E-state index contributed by atoms with van der Waals surface area (Å²) in [5.74, 6) is -1.16. The lowest BCUT2D eigenvalue weighted by atomic mass is 10.0. The molecule has 0 aliphatic carbocycles. The van der Waals surface area contributed by atoms with Crippen LogP contribution in [0.15, 0.2) is 11.1 Å². The molecule has 3 N–H and O–H groups in total. The van der Waals surface area contributed by atoms with Gasteiger partial charge in [-0.15, -0.1) is 0 Å². The van der Waals surface area contributed by atoms with Crippen molar-refractivity contribution in [2.75, 3.05) is 19.6 Å². The first-order valence-corrected chi connectivity index (χ1v) is 5.92. The van der Waals surface area contributed by atoms with Crippen LogP contribution >= 0.6 is 0 Å². The maximum Gasteiger partial charge on any atom is 0.306 e. The molecule has 0 radical (unpaired) electrons. The van der Waals surface area contributed by atoms with Crippen molar-refractivity contribution >= 4 is 11.9 Å². The fraction of sp³-hybridized carbons (Fsp3) is 0.667. The van der Waals surface area contributed by atoms with E-state index in [0.717, 1.165) is 24.2 Å². The maximum absolute atomic E-state index is 11.6. The number of carboxylic acid groups (broad SMARTS) is 1. The Morgan fingerprint density at radius 1 is 1.47 bits per heavy atom. The molecule has 0 aromatic heterocycles. The van der Waals surface area contributed by atoms with Gasteiger partial charge < -0.3 is 15.7 Å². The second-order valence-corrected chi connectivity index (χ2v) is 4.47. The van der Waals surface area contributed by atoms with E-state index in [1.807, 2.05) is 6.92 Å². The first-order valence-electron chi connectivity index (χ1n) is 5.92. The molecule has 17 heavy (non-hydrogen) atoms. The SMILES string of the molecule is CC(C(=O)NCCCC(C)C(=O)O)=C1CNC1. The second-order valence-electron chi connectivity index (χ2n) is 4.47. The minimum Gasteiger partial charge on any atom is -0.481 e. The third-order valence-corrected chi connectivity index (χ3v) is 3.07. The lowest BCUT2D eigenvalue weighted by Gasteiger charge is -2.21. The van der Waals surface area contributed by atoms with Gasteiger partial charge in [-0.2, -0.15) is 0 Å². The van der Waals surface area contributed by atoms with Crippen molar-refractivity contribution < 1.29 is 14.7 Å². The smallest absolute Gasteiger partial charge is 0.306 e. The van der Waals surface area contributed by atoms with E-state index in [0.29, 0.717) is 19.4 Å². The highest BCUT2D eigenvalue weighted by Gasteiger charge is 2.15. The lowest BCUT2D eigenvalue weighted by molar-refractivity contribution is -0.141. The van der Waals surface area contributed by atoms with E-state index in [-0.39, 0.29) is 11.8 Å². The molecule has 1 aliphatic rings. The molecule has 0 saturated carbocycles. The normalized spacial score (nSPS) is 16.0. The topological polar surface area (TPSA) is 78.4 Å². The van der Waals surface area contributed by atoms with Gasteiger partial charge in [0.05, 0.1) is 5.92 Å². The van der Waals surface area contributed by atoms with Crippen LogP contribution < -0.4 is 10.6 Å². The first-order chi connectivity index (χ1) is 8.02. The molecule has 0 aromatic carbocycles. The van der Waals surface area contributed by atoms with Crippen LogP contribution in [0.4, 0.5) is 0 Å². The Labute approximate surface area is 101 Å². The molecule has 0 aromatic rings. The molecule has 96 valence electrons. The van der Waals surface area contributed by atoms with Crippen LogP contribution in [0.25, 0.3) is 0 Å². The molecular formula is C12H20N2O3. The number of hydrogen-bond acceptors (Lipinski definition) is 3. The fourth-order valence-electron chi connectivity index (χ4n) is 1.54. The van der Waals surface area contributed by atoms with E-state index in [4.69, 9.17) is 5.11 Å². The van der Waals surface area contributed by atoms with Gasteiger partial charge in [-0.1, -0.05) is 6.92 Å². The van der Waals surface area contributed by atoms with Crippen LogP contribution in [0.5, 0.6) is 0 Å². The minimum atomic E-state index is -0.782. The average Bonchev–Trinajstić information content (AvgIpc) is 2.20. The van der Waals surface area contributed by atoms with E-state index in [9.17, 15) is 9.59 Å². The van der Waals surface area contributed by atoms with E-state index in [1.54, 1.807) is 6.92 Å². The first kappa shape index (κ1) is 13.7. The molecule has 1 rings (SSSR count). The molecule has 1 atom stereocenters. The van der Waals surface area contributed by atoms with Crippen molar-refractivity contribution in [2.24, 2.45) is 5.92 Å². The van der Waals surface area contributed by atoms with Gasteiger partial charge in [-0.25, -0.2) is 0 Å². The van der Waals surface area contributed by atoms with Gasteiger partial charge in [0, 0.05) is 25.2 Å². The summed E-state index contributed by atoms with van der Waals surface area (Å²) in [7, 11) is 0. The Morgan fingerprint density at radius 3 is 2.59 bits per heavy atom. The highest BCUT2D eigenvalue weighted by atomic mass is 16.4. The Balaban J connectivity index is 2.18. The number of hydrogen-bond donors (Lipinski definition) is 3. The summed E-state index contributed by atoms with van der Waals surface area (Å²) < 4.78 is 0. The predicted molar refractivity (Wildman–Crippen MR) is 64.6 cm³/mol. The fourth-order valence-corrected chi connectivity index (χ4v) is 1.54. The van der Waals surface area contributed by atoms with Crippen LogP contribution in [0.3, 0.4) is 0 Å². The average molecular weight is 240 g/mol. The second kappa shape index (κ2) is 6.39. The van der Waals surface area contributed by atoms with E-state index in [1.165, 1.54) is 0 Å². The zero-order valence-electron chi connectivity index (χ0n) is 10.4. The zero-order chi connectivity index (χ0) is 12.8. The van der Waals surface area contributed by atoms with E-state index >= 15 is 0 Å². The highest BCUT2D eigenvalue weighted by molar-refractivity contribution is 5.93. The van der Waals surface area contributed by atoms with Crippen LogP contribution in [-0.4, -0.2) is 36.6 Å². The molecule has 5 nitrogen and oxygen atoms in total. The van der Waals surface area contributed by atoms with Crippen LogP contribution in [-0.2, 0) is 9.59 Å². The van der Waals surface area contributed by atoms with Gasteiger partial charge in [-0.3, -0.25) is 9.59 Å². The Hall–Kier alpha value is -1.36. The number of aliphatic carboxylic acids is 1. The Morgan fingerprint density at radius 2 is 2.12 bits per heavy atom. The van der Waals surface area contributed by atoms with Crippen LogP contribution in [0.2, 0.25) is 0 Å². The quantitative estimate of drug-likeness (QED) is 0.467. The van der Waals surface area contributed by atoms with E-state index in [2.05, 4.69) is 10.6 Å². The number of carbonyl (C=O) groups is 2. The lowest BCUT2D eigenvalue weighted by Crippen LogP contribution is -2.37. The maximum atomic E-state index is 11.6. The predicted octanol–water partition coefficient (Wildman–Crippen LogP) is 0.523. The molecule has 1 amide bonds. The Kier molecular flexibility index (Phi) is 5.15. The van der Waals surface area contributed by atoms with Crippen molar-refractivity contribution in [1.82, 2.24) is 10.6 Å². The molecule has 0 spiro atoms. The molecular weight excluding hydrogens is 220 g/mol. The summed E-state index contributed by atoms with van der Waals surface area (Å²) in [5, 5.41) is 14.6. The number of amides is 1. The van der Waals surface area contributed by atoms with Crippen LogP contribution in [0.1, 0.15) is 26.7 Å². The van der Waals surface area contributed by atoms with Gasteiger partial charge in [0.25, 0.3) is 0 Å². The molecule has 1 fully saturated rings.